The van der Waals surface area contributed by atoms with E-state index in [-0.39, 0.29) is 1.43 Å². The van der Waals surface area contributed by atoms with E-state index < -0.39 is 0 Å². The van der Waals surface area contributed by atoms with Gasteiger partial charge in [-0.15, -0.1) is 0 Å². The third kappa shape index (κ3) is 8.04. The second-order valence-corrected chi connectivity index (χ2v) is 3.11. The Labute approximate surface area is 97.4 Å². The van der Waals surface area contributed by atoms with Crippen LogP contribution in [-0.2, 0) is 0 Å². The zero-order valence-electron chi connectivity index (χ0n) is 12.4. The molecule has 0 unspecified atom stereocenters. The monoisotopic (exact) mass is 211 g/mol. The van der Waals surface area contributed by atoms with Crippen LogP contribution in [-0.4, -0.2) is 6.04 Å². The van der Waals surface area contributed by atoms with E-state index in [1.54, 1.807) is 0 Å². The number of hydrogen-bond acceptors (Lipinski definition) is 1. The molecule has 0 saturated carbocycles. The summed E-state index contributed by atoms with van der Waals surface area (Å²) in [5.41, 5.74) is 2.55. The average molecular weight is 211 g/mol. The third-order valence-corrected chi connectivity index (χ3v) is 1.59. The van der Waals surface area contributed by atoms with E-state index in [1.165, 1.54) is 11.3 Å². The van der Waals surface area contributed by atoms with Crippen LogP contribution in [0.2, 0.25) is 0 Å². The summed E-state index contributed by atoms with van der Waals surface area (Å²) in [4.78, 5) is 0. The molecule has 15 heavy (non-hydrogen) atoms. The standard InChI is InChI=1S/C10H15N.2C2H6/c1-8(2)11-10-7-5-4-6-9(10)3;2*1-2/h4-8,11H,1-3H3;2*1-2H3/p+1/i/hD. The van der Waals surface area contributed by atoms with Gasteiger partial charge in [-0.25, -0.2) is 0 Å². The summed E-state index contributed by atoms with van der Waals surface area (Å²) in [6.45, 7) is 14.4. The fraction of sp³-hybridized carbons (Fsp3) is 0.571. The molecule has 0 amide bonds. The summed E-state index contributed by atoms with van der Waals surface area (Å²) in [5, 5.41) is 3.37. The predicted molar refractivity (Wildman–Crippen MR) is 73.7 cm³/mol. The quantitative estimate of drug-likeness (QED) is 0.727. The maximum atomic E-state index is 3.37. The number of aryl methyl sites for hydroxylation is 1. The van der Waals surface area contributed by atoms with Crippen LogP contribution in [0.4, 0.5) is 5.69 Å². The summed E-state index contributed by atoms with van der Waals surface area (Å²) in [6.07, 6.45) is 0. The maximum Gasteiger partial charge on any atom is 1.00 e. The molecule has 0 heterocycles. The number of hydrogen-bond donors (Lipinski definition) is 1. The van der Waals surface area contributed by atoms with E-state index in [1.807, 2.05) is 27.7 Å². The first-order valence-electron chi connectivity index (χ1n) is 6.02. The first-order chi connectivity index (χ1) is 7.20. The van der Waals surface area contributed by atoms with E-state index >= 15 is 0 Å². The van der Waals surface area contributed by atoms with Crippen molar-refractivity contribution in [2.45, 2.75) is 54.5 Å². The lowest BCUT2D eigenvalue weighted by Crippen LogP contribution is -2.10. The van der Waals surface area contributed by atoms with Crippen molar-refractivity contribution in [2.24, 2.45) is 0 Å². The van der Waals surface area contributed by atoms with Gasteiger partial charge in [-0.3, -0.25) is 0 Å². The lowest BCUT2D eigenvalue weighted by Gasteiger charge is -2.11. The van der Waals surface area contributed by atoms with Crippen molar-refractivity contribution in [3.05, 3.63) is 29.8 Å². The van der Waals surface area contributed by atoms with Gasteiger partial charge in [0.1, 0.15) is 0 Å². The Morgan fingerprint density at radius 1 is 1.00 bits per heavy atom. The fourth-order valence-electron chi connectivity index (χ4n) is 1.05. The fourth-order valence-corrected chi connectivity index (χ4v) is 1.05. The minimum absolute atomic E-state index is 0. The Hall–Kier alpha value is -0.980. The van der Waals surface area contributed by atoms with Gasteiger partial charge in [0.25, 0.3) is 0 Å². The second kappa shape index (κ2) is 11.1. The second-order valence-electron chi connectivity index (χ2n) is 3.11. The van der Waals surface area contributed by atoms with Gasteiger partial charge in [-0.1, -0.05) is 45.9 Å². The summed E-state index contributed by atoms with van der Waals surface area (Å²) in [6, 6.07) is 8.84. The Bertz CT molecular complexity index is 234. The van der Waals surface area contributed by atoms with Gasteiger partial charge in [0.15, 0.2) is 0 Å². The van der Waals surface area contributed by atoms with Crippen LogP contribution >= 0.6 is 0 Å². The third-order valence-electron chi connectivity index (χ3n) is 1.59. The molecule has 1 nitrogen and oxygen atoms in total. The Morgan fingerprint density at radius 2 is 1.47 bits per heavy atom. The molecule has 1 heteroatoms. The molecule has 88 valence electrons. The lowest BCUT2D eigenvalue weighted by atomic mass is 10.2. The van der Waals surface area contributed by atoms with E-state index in [2.05, 4.69) is 50.4 Å². The van der Waals surface area contributed by atoms with Gasteiger partial charge in [-0.2, -0.15) is 0 Å². The molecule has 0 fully saturated rings. The summed E-state index contributed by atoms with van der Waals surface area (Å²) in [5.74, 6) is 0. The van der Waals surface area contributed by atoms with Crippen LogP contribution in [0.5, 0.6) is 0 Å². The highest BCUT2D eigenvalue weighted by Crippen LogP contribution is 2.13. The Kier molecular flexibility index (Phi) is 12.2. The molecular formula is C14H28N+. The normalized spacial score (nSPS) is 8.27. The van der Waals surface area contributed by atoms with Crippen molar-refractivity contribution in [1.29, 1.82) is 0 Å². The maximum absolute atomic E-state index is 3.37. The smallest absolute Gasteiger partial charge is 0.383 e. The first kappa shape index (κ1) is 16.4. The van der Waals surface area contributed by atoms with E-state index in [9.17, 15) is 0 Å². The molecule has 1 rings (SSSR count). The number of para-hydroxylation sites is 1. The van der Waals surface area contributed by atoms with Crippen LogP contribution in [0.15, 0.2) is 24.3 Å². The van der Waals surface area contributed by atoms with Gasteiger partial charge in [0, 0.05) is 11.7 Å². The van der Waals surface area contributed by atoms with Gasteiger partial charge in [0.05, 0.1) is 0 Å². The molecule has 0 atom stereocenters. The zero-order valence-corrected chi connectivity index (χ0v) is 11.4. The number of rotatable bonds is 2. The van der Waals surface area contributed by atoms with Crippen molar-refractivity contribution >= 4 is 5.69 Å². The van der Waals surface area contributed by atoms with Crippen LogP contribution in [0.1, 0.15) is 48.5 Å². The highest BCUT2D eigenvalue weighted by atomic mass is 14.9. The number of nitrogens with one attached hydrogen (secondary N) is 1. The molecule has 0 aliphatic carbocycles. The molecule has 1 N–H and O–H groups in total. The largest absolute Gasteiger partial charge is 1.00 e. The summed E-state index contributed by atoms with van der Waals surface area (Å²) >= 11 is 0. The van der Waals surface area contributed by atoms with Crippen molar-refractivity contribution in [1.82, 2.24) is 0 Å². The zero-order chi connectivity index (χ0) is 12.3. The molecule has 0 spiro atoms. The minimum atomic E-state index is 0. The van der Waals surface area contributed by atoms with E-state index in [4.69, 9.17) is 0 Å². The molecule has 0 aromatic heterocycles. The van der Waals surface area contributed by atoms with Crippen molar-refractivity contribution < 1.29 is 1.43 Å². The topological polar surface area (TPSA) is 12.0 Å². The van der Waals surface area contributed by atoms with E-state index in [0.717, 1.165) is 0 Å². The molecule has 0 radical (unpaired) electrons. The highest BCUT2D eigenvalue weighted by Gasteiger charge is 1.96. The van der Waals surface area contributed by atoms with Crippen LogP contribution in [0.3, 0.4) is 0 Å². The SMILES string of the molecule is CC.CC.Cc1ccccc1NC(C)C.[2H+]. The molecule has 0 saturated heterocycles. The Balaban J connectivity index is -0.000000305. The van der Waals surface area contributed by atoms with Gasteiger partial charge >= 0.3 is 1.43 Å². The molecule has 0 aliphatic heterocycles. The molecular weight excluding hydrogens is 182 g/mol. The van der Waals surface area contributed by atoms with E-state index in [0.29, 0.717) is 6.04 Å². The minimum Gasteiger partial charge on any atom is -0.383 e. The first-order valence-corrected chi connectivity index (χ1v) is 6.02. The van der Waals surface area contributed by atoms with Crippen LogP contribution in [0.25, 0.3) is 0 Å². The van der Waals surface area contributed by atoms with Crippen LogP contribution < -0.4 is 5.32 Å². The van der Waals surface area contributed by atoms with Crippen molar-refractivity contribution in [3.63, 3.8) is 0 Å². The highest BCUT2D eigenvalue weighted by molar-refractivity contribution is 5.50. The molecule has 1 aromatic carbocycles. The number of anilines is 1. The molecule has 1 aromatic rings. The van der Waals surface area contributed by atoms with Crippen LogP contribution in [0, 0.1) is 6.92 Å². The predicted octanol–water partition coefficient (Wildman–Crippen LogP) is 4.98. The van der Waals surface area contributed by atoms with Gasteiger partial charge < -0.3 is 5.32 Å². The summed E-state index contributed by atoms with van der Waals surface area (Å²) in [7, 11) is 0. The number of benzene rings is 1. The lowest BCUT2D eigenvalue weighted by molar-refractivity contribution is 0.897. The average Bonchev–Trinajstić information content (AvgIpc) is 2.27. The molecule has 0 bridgehead atoms. The Morgan fingerprint density at radius 3 is 1.87 bits per heavy atom. The van der Waals surface area contributed by atoms with Crippen molar-refractivity contribution in [2.75, 3.05) is 5.32 Å². The van der Waals surface area contributed by atoms with Gasteiger partial charge in [0.2, 0.25) is 0 Å². The van der Waals surface area contributed by atoms with Crippen molar-refractivity contribution in [3.8, 4) is 0 Å². The van der Waals surface area contributed by atoms with Gasteiger partial charge in [-0.05, 0) is 32.4 Å². The summed E-state index contributed by atoms with van der Waals surface area (Å²) < 4.78 is 0. The molecule has 0 aliphatic rings.